The first kappa shape index (κ1) is 16.3. The van der Waals surface area contributed by atoms with Crippen LogP contribution in [0.5, 0.6) is 5.75 Å². The van der Waals surface area contributed by atoms with Gasteiger partial charge >= 0.3 is 0 Å². The number of benzene rings is 1. The maximum atomic E-state index is 11.8. The van der Waals surface area contributed by atoms with Crippen LogP contribution >= 0.6 is 0 Å². The number of aromatic amines is 1. The molecule has 1 fully saturated rings. The molecule has 7 heteroatoms. The third-order valence-corrected chi connectivity index (χ3v) is 4.79. The van der Waals surface area contributed by atoms with Crippen LogP contribution in [-0.2, 0) is 10.4 Å². The molecule has 1 amide bonds. The maximum absolute atomic E-state index is 11.8. The number of rotatable bonds is 3. The van der Waals surface area contributed by atoms with Crippen molar-refractivity contribution in [3.05, 3.63) is 54.7 Å². The van der Waals surface area contributed by atoms with Crippen molar-refractivity contribution in [2.45, 2.75) is 12.0 Å². The summed E-state index contributed by atoms with van der Waals surface area (Å²) in [7, 11) is 0. The van der Waals surface area contributed by atoms with Crippen molar-refractivity contribution in [2.75, 3.05) is 13.1 Å². The van der Waals surface area contributed by atoms with Crippen LogP contribution in [0, 0.1) is 0 Å². The average Bonchev–Trinajstić information content (AvgIpc) is 3.26. The smallest absolute Gasteiger partial charge is 0.246 e. The second kappa shape index (κ2) is 5.96. The molecule has 132 valence electrons. The number of phenols is 1. The molecule has 4 rings (SSSR count). The fraction of sp³-hybridized carbons (Fsp3) is 0.211. The summed E-state index contributed by atoms with van der Waals surface area (Å²) < 4.78 is 0. The number of nitrogens with zero attached hydrogens (tertiary/aromatic N) is 3. The van der Waals surface area contributed by atoms with E-state index in [1.165, 1.54) is 6.08 Å². The Labute approximate surface area is 149 Å². The van der Waals surface area contributed by atoms with Crippen molar-refractivity contribution in [1.82, 2.24) is 20.1 Å². The molecule has 7 nitrogen and oxygen atoms in total. The molecule has 3 N–H and O–H groups in total. The number of carbonyl (C=O) groups excluding carboxylic acids is 1. The molecule has 0 aliphatic carbocycles. The molecule has 1 saturated heterocycles. The van der Waals surface area contributed by atoms with Crippen LogP contribution < -0.4 is 0 Å². The van der Waals surface area contributed by atoms with Crippen LogP contribution in [0.2, 0.25) is 0 Å². The molecule has 1 unspecified atom stereocenters. The third-order valence-electron chi connectivity index (χ3n) is 4.79. The van der Waals surface area contributed by atoms with Crippen LogP contribution in [0.3, 0.4) is 0 Å². The first-order valence-corrected chi connectivity index (χ1v) is 8.29. The van der Waals surface area contributed by atoms with Gasteiger partial charge in [0, 0.05) is 23.9 Å². The van der Waals surface area contributed by atoms with Gasteiger partial charge < -0.3 is 20.1 Å². The molecule has 0 radical (unpaired) electrons. The Morgan fingerprint density at radius 2 is 2.12 bits per heavy atom. The lowest BCUT2D eigenvalue weighted by Gasteiger charge is -2.21. The summed E-state index contributed by atoms with van der Waals surface area (Å²) >= 11 is 0. The number of carbonyl (C=O) groups is 1. The predicted molar refractivity (Wildman–Crippen MR) is 96.3 cm³/mol. The number of aliphatic hydroxyl groups is 1. The number of aromatic nitrogens is 3. The lowest BCUT2D eigenvalue weighted by atomic mass is 9.99. The Kier molecular flexibility index (Phi) is 3.73. The first-order valence-electron chi connectivity index (χ1n) is 8.29. The first-order chi connectivity index (χ1) is 12.5. The fourth-order valence-electron chi connectivity index (χ4n) is 3.34. The van der Waals surface area contributed by atoms with Gasteiger partial charge in [0.2, 0.25) is 5.91 Å². The molecule has 3 heterocycles. The molecule has 2 aromatic heterocycles. The molecule has 1 atom stereocenters. The second-order valence-electron chi connectivity index (χ2n) is 6.48. The summed E-state index contributed by atoms with van der Waals surface area (Å²) in [6.45, 7) is 4.15. The van der Waals surface area contributed by atoms with Gasteiger partial charge in [-0.15, -0.1) is 10.2 Å². The SMILES string of the molecule is C=CC(=O)N1CCC(O)(c2cc3cc(-c4ccccc4O)nnc3[nH]2)C1. The largest absolute Gasteiger partial charge is 0.507 e. The highest BCUT2D eigenvalue weighted by atomic mass is 16.3. The van der Waals surface area contributed by atoms with E-state index in [-0.39, 0.29) is 18.2 Å². The number of para-hydroxylation sites is 1. The molecule has 1 aliphatic rings. The van der Waals surface area contributed by atoms with Crippen LogP contribution in [0.25, 0.3) is 22.3 Å². The quantitative estimate of drug-likeness (QED) is 0.627. The lowest BCUT2D eigenvalue weighted by molar-refractivity contribution is -0.126. The van der Waals surface area contributed by atoms with Crippen molar-refractivity contribution < 1.29 is 15.0 Å². The Balaban J connectivity index is 1.69. The van der Waals surface area contributed by atoms with Gasteiger partial charge in [0.05, 0.1) is 17.9 Å². The van der Waals surface area contributed by atoms with Gasteiger partial charge in [-0.3, -0.25) is 4.79 Å². The number of amides is 1. The zero-order chi connectivity index (χ0) is 18.3. The molecular formula is C19H18N4O3. The Morgan fingerprint density at radius 3 is 2.88 bits per heavy atom. The fourth-order valence-corrected chi connectivity index (χ4v) is 3.34. The highest BCUT2D eigenvalue weighted by Crippen LogP contribution is 2.34. The van der Waals surface area contributed by atoms with E-state index in [0.29, 0.717) is 35.6 Å². The van der Waals surface area contributed by atoms with E-state index in [1.54, 1.807) is 23.1 Å². The van der Waals surface area contributed by atoms with Crippen LogP contribution in [0.1, 0.15) is 12.1 Å². The number of β-amino-alcohol motifs (C(OH)–C–C–N with tert-alkyl or cyclic N) is 1. The monoisotopic (exact) mass is 350 g/mol. The third kappa shape index (κ3) is 2.62. The van der Waals surface area contributed by atoms with Crippen LogP contribution in [0.4, 0.5) is 0 Å². The van der Waals surface area contributed by atoms with Crippen molar-refractivity contribution >= 4 is 16.9 Å². The average molecular weight is 350 g/mol. The van der Waals surface area contributed by atoms with Gasteiger partial charge in [0.1, 0.15) is 11.4 Å². The van der Waals surface area contributed by atoms with Gasteiger partial charge in [0.15, 0.2) is 5.65 Å². The number of likely N-dealkylation sites (tertiary alicyclic amines) is 1. The van der Waals surface area contributed by atoms with Gasteiger partial charge in [-0.05, 0) is 30.3 Å². The Morgan fingerprint density at radius 1 is 1.31 bits per heavy atom. The summed E-state index contributed by atoms with van der Waals surface area (Å²) in [4.78, 5) is 16.4. The summed E-state index contributed by atoms with van der Waals surface area (Å²) in [6.07, 6.45) is 1.68. The minimum absolute atomic E-state index is 0.130. The zero-order valence-electron chi connectivity index (χ0n) is 14.0. The van der Waals surface area contributed by atoms with Gasteiger partial charge in [-0.25, -0.2) is 0 Å². The number of aromatic hydroxyl groups is 1. The normalized spacial score (nSPS) is 19.8. The van der Waals surface area contributed by atoms with E-state index in [0.717, 1.165) is 5.39 Å². The number of phenolic OH excluding ortho intramolecular Hbond substituents is 1. The van der Waals surface area contributed by atoms with E-state index in [9.17, 15) is 15.0 Å². The van der Waals surface area contributed by atoms with E-state index < -0.39 is 5.60 Å². The van der Waals surface area contributed by atoms with Gasteiger partial charge in [-0.2, -0.15) is 0 Å². The summed E-state index contributed by atoms with van der Waals surface area (Å²) in [5.74, 6) is -0.0661. The van der Waals surface area contributed by atoms with Gasteiger partial charge in [-0.1, -0.05) is 18.7 Å². The topological polar surface area (TPSA) is 102 Å². The van der Waals surface area contributed by atoms with E-state index in [2.05, 4.69) is 21.8 Å². The van der Waals surface area contributed by atoms with E-state index in [4.69, 9.17) is 0 Å². The summed E-state index contributed by atoms with van der Waals surface area (Å²) in [5, 5.41) is 30.1. The summed E-state index contributed by atoms with van der Waals surface area (Å²) in [6, 6.07) is 10.5. The highest BCUT2D eigenvalue weighted by Gasteiger charge is 2.40. The molecule has 0 bridgehead atoms. The zero-order valence-corrected chi connectivity index (χ0v) is 14.0. The summed E-state index contributed by atoms with van der Waals surface area (Å²) in [5.41, 5.74) is 1.11. The number of H-pyrrole nitrogens is 1. The van der Waals surface area contributed by atoms with Crippen molar-refractivity contribution in [1.29, 1.82) is 0 Å². The molecule has 0 spiro atoms. The number of hydrogen-bond acceptors (Lipinski definition) is 5. The number of nitrogens with one attached hydrogen (secondary N) is 1. The number of fused-ring (bicyclic) bond motifs is 1. The standard InChI is InChI=1S/C19H18N4O3/c1-2-17(25)23-8-7-19(26,11-23)16-10-12-9-14(21-22-18(12)20-16)13-5-3-4-6-15(13)24/h2-6,9-10,24,26H,1,7-8,11H2,(H,20,22). The molecule has 1 aliphatic heterocycles. The Bertz CT molecular complexity index is 1010. The van der Waals surface area contributed by atoms with Crippen molar-refractivity contribution in [2.24, 2.45) is 0 Å². The molecule has 1 aromatic carbocycles. The molecule has 3 aromatic rings. The van der Waals surface area contributed by atoms with Crippen LogP contribution in [-0.4, -0.2) is 49.3 Å². The molecule has 26 heavy (non-hydrogen) atoms. The molecular weight excluding hydrogens is 332 g/mol. The second-order valence-corrected chi connectivity index (χ2v) is 6.48. The predicted octanol–water partition coefficient (Wildman–Crippen LogP) is 1.94. The minimum atomic E-state index is -1.16. The lowest BCUT2D eigenvalue weighted by Crippen LogP contribution is -2.33. The van der Waals surface area contributed by atoms with Crippen molar-refractivity contribution in [3.8, 4) is 17.0 Å². The van der Waals surface area contributed by atoms with E-state index in [1.807, 2.05) is 18.2 Å². The van der Waals surface area contributed by atoms with Crippen molar-refractivity contribution in [3.63, 3.8) is 0 Å². The van der Waals surface area contributed by atoms with Crippen LogP contribution in [0.15, 0.2) is 49.1 Å². The molecule has 0 saturated carbocycles. The minimum Gasteiger partial charge on any atom is -0.507 e. The highest BCUT2D eigenvalue weighted by molar-refractivity contribution is 5.87. The van der Waals surface area contributed by atoms with Gasteiger partial charge in [0.25, 0.3) is 0 Å². The maximum Gasteiger partial charge on any atom is 0.246 e. The number of hydrogen-bond donors (Lipinski definition) is 3. The Hall–Kier alpha value is -3.19. The van der Waals surface area contributed by atoms with E-state index >= 15 is 0 Å².